The van der Waals surface area contributed by atoms with Gasteiger partial charge in [0.05, 0.1) is 6.54 Å². The fraction of sp³-hybridized carbons (Fsp3) is 0.522. The normalized spacial score (nSPS) is 18.5. The Kier molecular flexibility index (Phi) is 9.40. The average Bonchev–Trinajstić information content (AvgIpc) is 3.18. The molecule has 0 aromatic heterocycles. The number of likely N-dealkylation sites (tertiary alicyclic amines) is 1. The van der Waals surface area contributed by atoms with Gasteiger partial charge in [-0.05, 0) is 39.2 Å². The fourth-order valence-corrected chi connectivity index (χ4v) is 3.59. The van der Waals surface area contributed by atoms with Crippen molar-refractivity contribution >= 4 is 30.3 Å². The lowest BCUT2D eigenvalue weighted by Crippen LogP contribution is -2.58. The molecule has 1 heterocycles. The number of carbonyl (C=O) groups is 5. The summed E-state index contributed by atoms with van der Waals surface area (Å²) in [4.78, 5) is 61.7. The Hall–Kier alpha value is -3.63. The van der Waals surface area contributed by atoms with Crippen LogP contribution in [-0.4, -0.2) is 70.6 Å². The molecular weight excluding hydrogens is 446 g/mol. The van der Waals surface area contributed by atoms with Crippen LogP contribution in [0.4, 0.5) is 9.59 Å². The first-order valence-electron chi connectivity index (χ1n) is 10.9. The number of amides is 3. The summed E-state index contributed by atoms with van der Waals surface area (Å²) in [7, 11) is 0. The zero-order chi connectivity index (χ0) is 25.3. The Morgan fingerprint density at radius 1 is 1.15 bits per heavy atom. The van der Waals surface area contributed by atoms with Crippen LogP contribution in [-0.2, 0) is 30.5 Å². The molecule has 1 saturated heterocycles. The molecule has 0 spiro atoms. The van der Waals surface area contributed by atoms with Gasteiger partial charge in [-0.15, -0.1) is 0 Å². The lowest BCUT2D eigenvalue weighted by Gasteiger charge is -2.32. The van der Waals surface area contributed by atoms with Gasteiger partial charge in [0.25, 0.3) is 0 Å². The number of hydrogen-bond acceptors (Lipinski definition) is 7. The molecule has 0 aliphatic carbocycles. The van der Waals surface area contributed by atoms with Gasteiger partial charge in [-0.3, -0.25) is 4.79 Å². The van der Waals surface area contributed by atoms with Crippen molar-refractivity contribution < 1.29 is 38.6 Å². The molecule has 1 aromatic rings. The number of hydrogen-bond donors (Lipinski definition) is 3. The first-order valence-corrected chi connectivity index (χ1v) is 10.9. The van der Waals surface area contributed by atoms with Gasteiger partial charge >= 0.3 is 18.2 Å². The second-order valence-electron chi connectivity index (χ2n) is 8.87. The molecule has 2 unspecified atom stereocenters. The third-order valence-electron chi connectivity index (χ3n) is 5.06. The molecule has 1 fully saturated rings. The Labute approximate surface area is 197 Å². The molecule has 0 radical (unpaired) electrons. The predicted molar refractivity (Wildman–Crippen MR) is 120 cm³/mol. The van der Waals surface area contributed by atoms with Gasteiger partial charge in [-0.1, -0.05) is 30.3 Å². The number of carbonyl (C=O) groups excluding carboxylic acids is 4. The quantitative estimate of drug-likeness (QED) is 0.456. The summed E-state index contributed by atoms with van der Waals surface area (Å²) in [5.74, 6) is -1.96. The third kappa shape index (κ3) is 8.05. The number of aliphatic carboxylic acids is 1. The molecule has 34 heavy (non-hydrogen) atoms. The maximum Gasteiger partial charge on any atom is 0.408 e. The standard InChI is InChI=1S/C23H31N3O8/c1-23(2,3)34-22(32)25-17(13-24-21(31)33-14-15-7-5-4-6-8-15)19(28)26-16(11-12-27)9-10-18(26)20(29)30/h4-8,12,16-18H,9-11,13-14H2,1-3H3,(H,24,31)(H,25,32)(H,29,30)/t16?,17?,18-/m0/s1. The highest BCUT2D eigenvalue weighted by molar-refractivity contribution is 5.91. The van der Waals surface area contributed by atoms with Gasteiger partial charge in [0.2, 0.25) is 5.91 Å². The largest absolute Gasteiger partial charge is 0.480 e. The molecule has 1 aliphatic rings. The van der Waals surface area contributed by atoms with Crippen molar-refractivity contribution in [1.82, 2.24) is 15.5 Å². The van der Waals surface area contributed by atoms with Crippen LogP contribution in [0.25, 0.3) is 0 Å². The second kappa shape index (κ2) is 12.0. The molecular formula is C23H31N3O8. The molecule has 186 valence electrons. The van der Waals surface area contributed by atoms with Crippen molar-refractivity contribution in [3.8, 4) is 0 Å². The average molecular weight is 478 g/mol. The van der Waals surface area contributed by atoms with Crippen LogP contribution in [0, 0.1) is 0 Å². The summed E-state index contributed by atoms with van der Waals surface area (Å²) in [6, 6.07) is 5.84. The van der Waals surface area contributed by atoms with Crippen LogP contribution in [0.15, 0.2) is 30.3 Å². The number of rotatable bonds is 9. The first-order chi connectivity index (χ1) is 16.0. The number of aldehydes is 1. The van der Waals surface area contributed by atoms with Crippen LogP contribution in [0.1, 0.15) is 45.6 Å². The van der Waals surface area contributed by atoms with Crippen LogP contribution < -0.4 is 10.6 Å². The Morgan fingerprint density at radius 2 is 1.82 bits per heavy atom. The molecule has 1 aliphatic heterocycles. The topological polar surface area (TPSA) is 151 Å². The van der Waals surface area contributed by atoms with E-state index in [1.165, 1.54) is 0 Å². The molecule has 0 saturated carbocycles. The number of benzene rings is 1. The smallest absolute Gasteiger partial charge is 0.408 e. The van der Waals surface area contributed by atoms with Gasteiger partial charge in [0, 0.05) is 12.5 Å². The van der Waals surface area contributed by atoms with Gasteiger partial charge < -0.3 is 34.9 Å². The Balaban J connectivity index is 2.12. The highest BCUT2D eigenvalue weighted by Gasteiger charge is 2.43. The maximum absolute atomic E-state index is 13.3. The minimum absolute atomic E-state index is 0.000592. The second-order valence-corrected chi connectivity index (χ2v) is 8.87. The zero-order valence-corrected chi connectivity index (χ0v) is 19.5. The van der Waals surface area contributed by atoms with E-state index in [4.69, 9.17) is 9.47 Å². The molecule has 11 heteroatoms. The van der Waals surface area contributed by atoms with Crippen LogP contribution >= 0.6 is 0 Å². The van der Waals surface area contributed by atoms with E-state index in [1.807, 2.05) is 6.07 Å². The molecule has 1 aromatic carbocycles. The molecule has 3 amide bonds. The summed E-state index contributed by atoms with van der Waals surface area (Å²) in [5, 5.41) is 14.4. The third-order valence-corrected chi connectivity index (χ3v) is 5.06. The molecule has 11 nitrogen and oxygen atoms in total. The first kappa shape index (κ1) is 26.6. The monoisotopic (exact) mass is 477 g/mol. The number of alkyl carbamates (subject to hydrolysis) is 2. The Morgan fingerprint density at radius 3 is 2.41 bits per heavy atom. The van der Waals surface area contributed by atoms with E-state index >= 15 is 0 Å². The van der Waals surface area contributed by atoms with Gasteiger partial charge in [0.15, 0.2) is 0 Å². The van der Waals surface area contributed by atoms with E-state index in [0.717, 1.165) is 10.5 Å². The highest BCUT2D eigenvalue weighted by atomic mass is 16.6. The highest BCUT2D eigenvalue weighted by Crippen LogP contribution is 2.27. The lowest BCUT2D eigenvalue weighted by molar-refractivity contribution is -0.150. The number of ether oxygens (including phenoxy) is 2. The lowest BCUT2D eigenvalue weighted by atomic mass is 10.1. The van der Waals surface area contributed by atoms with Crippen molar-refractivity contribution in [2.45, 2.75) is 70.4 Å². The number of carboxylic acids is 1. The summed E-state index contributed by atoms with van der Waals surface area (Å²) in [6.07, 6.45) is -0.666. The Bertz CT molecular complexity index is 884. The van der Waals surface area contributed by atoms with Gasteiger partial charge in [0.1, 0.15) is 30.6 Å². The van der Waals surface area contributed by atoms with E-state index in [2.05, 4.69) is 10.6 Å². The number of nitrogens with one attached hydrogen (secondary N) is 2. The van der Waals surface area contributed by atoms with Crippen molar-refractivity contribution in [1.29, 1.82) is 0 Å². The minimum atomic E-state index is -1.34. The fourth-order valence-electron chi connectivity index (χ4n) is 3.59. The molecule has 3 N–H and O–H groups in total. The zero-order valence-electron chi connectivity index (χ0n) is 19.5. The van der Waals surface area contributed by atoms with Crippen LogP contribution in [0.3, 0.4) is 0 Å². The van der Waals surface area contributed by atoms with E-state index in [9.17, 15) is 29.1 Å². The van der Waals surface area contributed by atoms with E-state index in [-0.39, 0.29) is 26.0 Å². The predicted octanol–water partition coefficient (Wildman–Crippen LogP) is 1.84. The van der Waals surface area contributed by atoms with Crippen molar-refractivity contribution in [2.24, 2.45) is 0 Å². The van der Waals surface area contributed by atoms with Crippen molar-refractivity contribution in [2.75, 3.05) is 6.54 Å². The van der Waals surface area contributed by atoms with Gasteiger partial charge in [-0.25, -0.2) is 14.4 Å². The summed E-state index contributed by atoms with van der Waals surface area (Å²) in [6.45, 7) is 4.55. The minimum Gasteiger partial charge on any atom is -0.480 e. The van der Waals surface area contributed by atoms with Crippen LogP contribution in [0.2, 0.25) is 0 Å². The number of nitrogens with zero attached hydrogens (tertiary/aromatic N) is 1. The molecule has 3 atom stereocenters. The van der Waals surface area contributed by atoms with Crippen molar-refractivity contribution in [3.63, 3.8) is 0 Å². The van der Waals surface area contributed by atoms with Crippen LogP contribution in [0.5, 0.6) is 0 Å². The van der Waals surface area contributed by atoms with E-state index in [0.29, 0.717) is 12.7 Å². The molecule has 0 bridgehead atoms. The van der Waals surface area contributed by atoms with E-state index < -0.39 is 47.8 Å². The molecule has 2 rings (SSSR count). The summed E-state index contributed by atoms with van der Waals surface area (Å²) >= 11 is 0. The van der Waals surface area contributed by atoms with E-state index in [1.54, 1.807) is 45.0 Å². The SMILES string of the molecule is CC(C)(C)OC(=O)NC(CNC(=O)OCc1ccccc1)C(=O)N1C(CC=O)CC[C@H]1C(=O)O. The van der Waals surface area contributed by atoms with Gasteiger partial charge in [-0.2, -0.15) is 0 Å². The number of carboxylic acid groups (broad SMARTS) is 1. The summed E-state index contributed by atoms with van der Waals surface area (Å²) < 4.78 is 10.3. The maximum atomic E-state index is 13.3. The van der Waals surface area contributed by atoms with Crippen molar-refractivity contribution in [3.05, 3.63) is 35.9 Å². The summed E-state index contributed by atoms with van der Waals surface area (Å²) in [5.41, 5.74) is -0.0907.